The van der Waals surface area contributed by atoms with E-state index in [2.05, 4.69) is 4.98 Å². The zero-order chi connectivity index (χ0) is 17.8. The van der Waals surface area contributed by atoms with Crippen LogP contribution < -0.4 is 35.6 Å². The Labute approximate surface area is 170 Å². The van der Waals surface area contributed by atoms with Crippen molar-refractivity contribution < 1.29 is 45.1 Å². The predicted molar refractivity (Wildman–Crippen MR) is 95.9 cm³/mol. The molecule has 144 valence electrons. The van der Waals surface area contributed by atoms with Gasteiger partial charge in [0.05, 0.1) is 24.5 Å². The van der Waals surface area contributed by atoms with E-state index in [0.717, 1.165) is 28.0 Å². The van der Waals surface area contributed by atoms with E-state index < -0.39 is 0 Å². The first kappa shape index (κ1) is 22.5. The molecular weight excluding hydrogens is 387 g/mol. The summed E-state index contributed by atoms with van der Waals surface area (Å²) in [5.74, 6) is 0.835. The summed E-state index contributed by atoms with van der Waals surface area (Å²) in [6, 6.07) is 11.6. The molecule has 6 nitrogen and oxygen atoms in total. The highest BCUT2D eigenvalue weighted by atomic mass is 35.5. The van der Waals surface area contributed by atoms with Gasteiger partial charge in [-0.05, 0) is 38.1 Å². The highest BCUT2D eigenvalue weighted by molar-refractivity contribution is 5.90. The second kappa shape index (κ2) is 9.94. The van der Waals surface area contributed by atoms with Gasteiger partial charge in [-0.25, -0.2) is 15.8 Å². The van der Waals surface area contributed by atoms with E-state index in [4.69, 9.17) is 20.3 Å². The highest BCUT2D eigenvalue weighted by Gasteiger charge is 2.12. The summed E-state index contributed by atoms with van der Waals surface area (Å²) in [7, 11) is 0. The van der Waals surface area contributed by atoms with E-state index in [1.165, 1.54) is 0 Å². The fraction of sp³-hybridized carbons (Fsp3) is 0.211. The molecule has 2 heterocycles. The Hall–Kier alpha value is -2.57. The number of ether oxygens (including phenoxy) is 2. The molecule has 2 aromatic heterocycles. The maximum Gasteiger partial charge on any atom is 0.368 e. The Morgan fingerprint density at radius 2 is 1.41 bits per heavy atom. The van der Waals surface area contributed by atoms with Gasteiger partial charge in [-0.15, -0.1) is 0 Å². The third-order valence-electron chi connectivity index (χ3n) is 3.80. The number of nitrogens with zero attached hydrogens (tertiary/aromatic N) is 2. The molecule has 4 N–H and O–H groups in total. The third-order valence-corrected chi connectivity index (χ3v) is 3.80. The minimum Gasteiger partial charge on any atom is -1.00 e. The van der Waals surface area contributed by atoms with Crippen LogP contribution in [0, 0.1) is 0 Å². The number of fused-ring (bicyclic) bond motifs is 1. The lowest BCUT2D eigenvalue weighted by Crippen LogP contribution is -3.00. The summed E-state index contributed by atoms with van der Waals surface area (Å²) in [6.45, 7) is 4.89. The average Bonchev–Trinajstić information content (AvgIpc) is 3.05. The van der Waals surface area contributed by atoms with Crippen LogP contribution in [0.2, 0.25) is 0 Å². The standard InChI is InChI=1S/C19H20N4O2.2ClH/c1-3-24-18(20)14-7-5-13(6-8-14)16-12-23-11-15(19(21)25-4-2)9-10-17(23)22-16;;/h5-12,20-21H,3-4H2,1-2H3;2*1H. The van der Waals surface area contributed by atoms with Gasteiger partial charge in [-0.3, -0.25) is 0 Å². The van der Waals surface area contributed by atoms with Gasteiger partial charge in [0.25, 0.3) is 0 Å². The first-order chi connectivity index (χ1) is 12.1. The van der Waals surface area contributed by atoms with Gasteiger partial charge in [0.2, 0.25) is 0 Å². The van der Waals surface area contributed by atoms with Crippen molar-refractivity contribution in [3.63, 3.8) is 0 Å². The van der Waals surface area contributed by atoms with Gasteiger partial charge in [0.15, 0.2) is 0 Å². The van der Waals surface area contributed by atoms with Crippen molar-refractivity contribution in [2.45, 2.75) is 13.8 Å². The molecule has 0 spiro atoms. The minimum absolute atomic E-state index is 0. The zero-order valence-corrected chi connectivity index (χ0v) is 16.7. The average molecular weight is 409 g/mol. The number of rotatable bonds is 5. The molecule has 0 fully saturated rings. The molecule has 0 saturated carbocycles. The number of halogens is 2. The van der Waals surface area contributed by atoms with Crippen LogP contribution in [0.4, 0.5) is 0 Å². The van der Waals surface area contributed by atoms with Crippen molar-refractivity contribution in [2.24, 2.45) is 0 Å². The maximum atomic E-state index is 5.92. The molecule has 0 saturated heterocycles. The number of benzene rings is 1. The van der Waals surface area contributed by atoms with E-state index in [9.17, 15) is 0 Å². The monoisotopic (exact) mass is 408 g/mol. The van der Waals surface area contributed by atoms with Crippen LogP contribution >= 0.6 is 0 Å². The van der Waals surface area contributed by atoms with E-state index >= 15 is 0 Å². The molecule has 0 aliphatic rings. The number of hydrogen-bond donors (Lipinski definition) is 2. The Balaban J connectivity index is 0.00000182. The Bertz CT molecular complexity index is 923. The molecule has 1 aromatic carbocycles. The molecule has 27 heavy (non-hydrogen) atoms. The fourth-order valence-corrected chi connectivity index (χ4v) is 2.56. The maximum absolute atomic E-state index is 5.92. The molecule has 3 rings (SSSR count). The van der Waals surface area contributed by atoms with Gasteiger partial charge >= 0.3 is 11.8 Å². The molecular formula is C19H22Cl2N4O2. The van der Waals surface area contributed by atoms with Crippen LogP contribution in [-0.4, -0.2) is 34.4 Å². The summed E-state index contributed by atoms with van der Waals surface area (Å²) in [6.07, 6.45) is 3.87. The number of nitrogens with two attached hydrogens (primary N) is 2. The summed E-state index contributed by atoms with van der Waals surface area (Å²) in [5, 5.41) is 11.8. The number of imidazole rings is 1. The Kier molecular flexibility index (Phi) is 8.28. The molecule has 0 unspecified atom stereocenters. The fourth-order valence-electron chi connectivity index (χ4n) is 2.56. The molecule has 0 atom stereocenters. The molecule has 0 bridgehead atoms. The number of hydrogen-bond acceptors (Lipinski definition) is 3. The Morgan fingerprint density at radius 1 is 0.852 bits per heavy atom. The molecule has 0 amide bonds. The second-order valence-electron chi connectivity index (χ2n) is 5.48. The highest BCUT2D eigenvalue weighted by Crippen LogP contribution is 2.20. The zero-order valence-electron chi connectivity index (χ0n) is 15.2. The Morgan fingerprint density at radius 3 is 2.00 bits per heavy atom. The number of aromatic nitrogens is 2. The topological polar surface area (TPSA) is 86.9 Å². The molecule has 0 radical (unpaired) electrons. The first-order valence-electron chi connectivity index (χ1n) is 8.22. The van der Waals surface area contributed by atoms with Gasteiger partial charge in [0.1, 0.15) is 11.2 Å². The summed E-state index contributed by atoms with van der Waals surface area (Å²) >= 11 is 0. The summed E-state index contributed by atoms with van der Waals surface area (Å²) < 4.78 is 12.6. The van der Waals surface area contributed by atoms with E-state index in [0.29, 0.717) is 25.0 Å². The number of pyridine rings is 1. The van der Waals surface area contributed by atoms with Gasteiger partial charge in [-0.2, -0.15) is 0 Å². The van der Waals surface area contributed by atoms with Crippen molar-refractivity contribution in [3.05, 3.63) is 59.9 Å². The quantitative estimate of drug-likeness (QED) is 0.325. The van der Waals surface area contributed by atoms with Crippen molar-refractivity contribution in [3.8, 4) is 11.3 Å². The van der Waals surface area contributed by atoms with Crippen molar-refractivity contribution in [2.75, 3.05) is 13.2 Å². The summed E-state index contributed by atoms with van der Waals surface area (Å²) in [5.41, 5.74) is 4.39. The molecule has 0 aliphatic heterocycles. The molecule has 0 aliphatic carbocycles. The van der Waals surface area contributed by atoms with E-state index in [1.54, 1.807) is 0 Å². The smallest absolute Gasteiger partial charge is 0.368 e. The molecule has 3 aromatic rings. The van der Waals surface area contributed by atoms with Crippen LogP contribution in [0.3, 0.4) is 0 Å². The predicted octanol–water partition coefficient (Wildman–Crippen LogP) is -5.91. The lowest BCUT2D eigenvalue weighted by Gasteiger charge is -2.01. The van der Waals surface area contributed by atoms with Gasteiger partial charge in [-0.1, -0.05) is 12.1 Å². The van der Waals surface area contributed by atoms with E-state index in [1.807, 2.05) is 67.0 Å². The van der Waals surface area contributed by atoms with Gasteiger partial charge < -0.3 is 38.7 Å². The lowest BCUT2D eigenvalue weighted by molar-refractivity contribution is -0.138. The van der Waals surface area contributed by atoms with Crippen molar-refractivity contribution in [1.82, 2.24) is 9.38 Å². The lowest BCUT2D eigenvalue weighted by atomic mass is 10.1. The van der Waals surface area contributed by atoms with Crippen molar-refractivity contribution in [1.29, 1.82) is 0 Å². The van der Waals surface area contributed by atoms with Crippen LogP contribution in [0.5, 0.6) is 0 Å². The molecule has 8 heteroatoms. The van der Waals surface area contributed by atoms with Crippen LogP contribution in [0.25, 0.3) is 16.9 Å². The van der Waals surface area contributed by atoms with Crippen LogP contribution in [-0.2, 0) is 9.47 Å². The third kappa shape index (κ3) is 4.99. The van der Waals surface area contributed by atoms with E-state index in [-0.39, 0.29) is 24.8 Å². The van der Waals surface area contributed by atoms with Crippen LogP contribution in [0.15, 0.2) is 48.8 Å². The SMILES string of the molecule is CCOC(=[NH2+])c1ccc(-c2cn3cc(C(=[NH2+])OCC)ccc3n2)cc1.[Cl-].[Cl-]. The van der Waals surface area contributed by atoms with Gasteiger partial charge in [0, 0.05) is 18.0 Å². The summed E-state index contributed by atoms with van der Waals surface area (Å²) in [4.78, 5) is 4.64. The van der Waals surface area contributed by atoms with Crippen LogP contribution in [0.1, 0.15) is 25.0 Å². The second-order valence-corrected chi connectivity index (χ2v) is 5.48. The minimum atomic E-state index is 0. The van der Waals surface area contributed by atoms with Crippen molar-refractivity contribution >= 4 is 17.4 Å². The normalized spacial score (nSPS) is 9.85. The largest absolute Gasteiger partial charge is 1.00 e. The first-order valence-corrected chi connectivity index (χ1v) is 8.22.